The Kier molecular flexibility index (Phi) is 2.32. The highest BCUT2D eigenvalue weighted by Crippen LogP contribution is 2.22. The topological polar surface area (TPSA) is 24.1 Å². The zero-order valence-electron chi connectivity index (χ0n) is 7.20. The zero-order valence-corrected chi connectivity index (χ0v) is 7.20. The van der Waals surface area contributed by atoms with Crippen LogP contribution in [0, 0.1) is 5.41 Å². The molecule has 0 amide bonds. The molecule has 0 saturated carbocycles. The molecule has 1 saturated heterocycles. The van der Waals surface area contributed by atoms with Crippen molar-refractivity contribution in [2.24, 2.45) is 5.41 Å². The second kappa shape index (κ2) is 2.89. The van der Waals surface area contributed by atoms with Gasteiger partial charge < -0.3 is 0 Å². The maximum Gasteiger partial charge on any atom is 0.0230 e. The highest BCUT2D eigenvalue weighted by molar-refractivity contribution is 4.77. The molecular formula is C8H18N2. The lowest BCUT2D eigenvalue weighted by Crippen LogP contribution is -2.32. The van der Waals surface area contributed by atoms with Crippen molar-refractivity contribution in [3.05, 3.63) is 0 Å². The summed E-state index contributed by atoms with van der Waals surface area (Å²) in [4.78, 5) is 0. The van der Waals surface area contributed by atoms with Crippen LogP contribution < -0.4 is 10.9 Å². The maximum atomic E-state index is 3.26. The van der Waals surface area contributed by atoms with Gasteiger partial charge in [-0.2, -0.15) is 0 Å². The van der Waals surface area contributed by atoms with Crippen LogP contribution in [0.3, 0.4) is 0 Å². The van der Waals surface area contributed by atoms with Crippen molar-refractivity contribution < 1.29 is 0 Å². The molecule has 0 aromatic rings. The first kappa shape index (κ1) is 8.02. The van der Waals surface area contributed by atoms with Crippen molar-refractivity contribution in [3.8, 4) is 0 Å². The van der Waals surface area contributed by atoms with Gasteiger partial charge in [-0.3, -0.25) is 10.9 Å². The molecule has 1 heterocycles. The van der Waals surface area contributed by atoms with Crippen molar-refractivity contribution in [1.82, 2.24) is 10.9 Å². The molecule has 60 valence electrons. The average molecular weight is 142 g/mol. The quantitative estimate of drug-likeness (QED) is 0.576. The van der Waals surface area contributed by atoms with E-state index in [-0.39, 0.29) is 0 Å². The fraction of sp³-hybridized carbons (Fsp3) is 1.00. The molecule has 1 aliphatic heterocycles. The molecule has 0 aliphatic carbocycles. The molecule has 1 unspecified atom stereocenters. The van der Waals surface area contributed by atoms with Gasteiger partial charge in [0, 0.05) is 12.6 Å². The van der Waals surface area contributed by atoms with Gasteiger partial charge in [0.2, 0.25) is 0 Å². The Morgan fingerprint density at radius 1 is 1.40 bits per heavy atom. The third-order valence-electron chi connectivity index (χ3n) is 1.78. The van der Waals surface area contributed by atoms with Crippen LogP contribution in [0.2, 0.25) is 0 Å². The highest BCUT2D eigenvalue weighted by Gasteiger charge is 2.20. The average Bonchev–Trinajstić information content (AvgIpc) is 2.12. The summed E-state index contributed by atoms with van der Waals surface area (Å²) in [6, 6.07) is 0.694. The van der Waals surface area contributed by atoms with Gasteiger partial charge in [-0.15, -0.1) is 0 Å². The number of hydrazine groups is 1. The number of nitrogens with one attached hydrogen (secondary N) is 2. The van der Waals surface area contributed by atoms with E-state index in [0.29, 0.717) is 11.5 Å². The smallest absolute Gasteiger partial charge is 0.0230 e. The Labute approximate surface area is 63.4 Å². The monoisotopic (exact) mass is 142 g/mol. The van der Waals surface area contributed by atoms with Gasteiger partial charge in [-0.25, -0.2) is 0 Å². The predicted octanol–water partition coefficient (Wildman–Crippen LogP) is 1.29. The van der Waals surface area contributed by atoms with Crippen LogP contribution >= 0.6 is 0 Å². The van der Waals surface area contributed by atoms with E-state index in [0.717, 1.165) is 6.54 Å². The van der Waals surface area contributed by atoms with Crippen LogP contribution in [-0.2, 0) is 0 Å². The minimum atomic E-state index is 0.462. The minimum Gasteiger partial charge on any atom is -0.258 e. The molecule has 10 heavy (non-hydrogen) atoms. The lowest BCUT2D eigenvalue weighted by atomic mass is 9.88. The van der Waals surface area contributed by atoms with Gasteiger partial charge in [-0.1, -0.05) is 20.8 Å². The largest absolute Gasteiger partial charge is 0.258 e. The predicted molar refractivity (Wildman–Crippen MR) is 43.6 cm³/mol. The first-order chi connectivity index (χ1) is 4.58. The standard InChI is InChI=1S/C8H18N2/c1-8(2,3)6-7-4-5-9-10-7/h7,9-10H,4-6H2,1-3H3. The molecule has 0 bridgehead atoms. The Morgan fingerprint density at radius 2 is 2.10 bits per heavy atom. The van der Waals surface area contributed by atoms with Gasteiger partial charge in [0.25, 0.3) is 0 Å². The molecule has 1 fully saturated rings. The van der Waals surface area contributed by atoms with Gasteiger partial charge >= 0.3 is 0 Å². The molecule has 2 N–H and O–H groups in total. The first-order valence-corrected chi connectivity index (χ1v) is 4.06. The molecule has 1 atom stereocenters. The van der Waals surface area contributed by atoms with Crippen LogP contribution in [0.25, 0.3) is 0 Å². The number of rotatable bonds is 1. The van der Waals surface area contributed by atoms with E-state index in [1.807, 2.05) is 0 Å². The molecule has 0 aromatic carbocycles. The fourth-order valence-electron chi connectivity index (χ4n) is 1.43. The lowest BCUT2D eigenvalue weighted by molar-refractivity contribution is 0.319. The van der Waals surface area contributed by atoms with Gasteiger partial charge in [0.1, 0.15) is 0 Å². The second-order valence-electron chi connectivity index (χ2n) is 4.32. The summed E-state index contributed by atoms with van der Waals surface area (Å²) in [5.74, 6) is 0. The molecule has 0 spiro atoms. The molecule has 1 rings (SSSR count). The van der Waals surface area contributed by atoms with Crippen LogP contribution in [0.1, 0.15) is 33.6 Å². The van der Waals surface area contributed by atoms with Gasteiger partial charge in [0.05, 0.1) is 0 Å². The summed E-state index contributed by atoms with van der Waals surface area (Å²) in [5.41, 5.74) is 6.87. The lowest BCUT2D eigenvalue weighted by Gasteiger charge is -2.22. The second-order valence-corrected chi connectivity index (χ2v) is 4.32. The molecule has 0 aromatic heterocycles. The molecular weight excluding hydrogens is 124 g/mol. The summed E-state index contributed by atoms with van der Waals surface area (Å²) in [6.45, 7) is 7.98. The molecule has 2 nitrogen and oxygen atoms in total. The summed E-state index contributed by atoms with van der Waals surface area (Å²) < 4.78 is 0. The maximum absolute atomic E-state index is 3.26. The van der Waals surface area contributed by atoms with Crippen LogP contribution in [0.5, 0.6) is 0 Å². The Bertz CT molecular complexity index is 98.3. The van der Waals surface area contributed by atoms with Crippen molar-refractivity contribution in [2.45, 2.75) is 39.7 Å². The van der Waals surface area contributed by atoms with E-state index in [1.54, 1.807) is 0 Å². The van der Waals surface area contributed by atoms with E-state index >= 15 is 0 Å². The minimum absolute atomic E-state index is 0.462. The van der Waals surface area contributed by atoms with Gasteiger partial charge in [0.15, 0.2) is 0 Å². The van der Waals surface area contributed by atoms with Crippen molar-refractivity contribution in [3.63, 3.8) is 0 Å². The highest BCUT2D eigenvalue weighted by atomic mass is 15.4. The van der Waals surface area contributed by atoms with E-state index in [2.05, 4.69) is 31.6 Å². The van der Waals surface area contributed by atoms with Crippen molar-refractivity contribution in [2.75, 3.05) is 6.54 Å². The summed E-state index contributed by atoms with van der Waals surface area (Å²) in [5, 5.41) is 0. The van der Waals surface area contributed by atoms with E-state index in [1.165, 1.54) is 12.8 Å². The Morgan fingerprint density at radius 3 is 2.50 bits per heavy atom. The number of hydrogen-bond acceptors (Lipinski definition) is 2. The Hall–Kier alpha value is -0.0800. The van der Waals surface area contributed by atoms with Crippen LogP contribution in [0.4, 0.5) is 0 Å². The summed E-state index contributed by atoms with van der Waals surface area (Å²) in [6.07, 6.45) is 2.54. The van der Waals surface area contributed by atoms with Crippen molar-refractivity contribution in [1.29, 1.82) is 0 Å². The SMILES string of the molecule is CC(C)(C)CC1CCNN1. The third kappa shape index (κ3) is 2.67. The first-order valence-electron chi connectivity index (χ1n) is 4.06. The van der Waals surface area contributed by atoms with E-state index in [9.17, 15) is 0 Å². The zero-order chi connectivity index (χ0) is 7.61. The molecule has 2 heteroatoms. The summed E-state index contributed by atoms with van der Waals surface area (Å²) >= 11 is 0. The van der Waals surface area contributed by atoms with E-state index < -0.39 is 0 Å². The number of hydrogen-bond donors (Lipinski definition) is 2. The molecule has 1 aliphatic rings. The summed E-state index contributed by atoms with van der Waals surface area (Å²) in [7, 11) is 0. The normalized spacial score (nSPS) is 27.3. The van der Waals surface area contributed by atoms with Crippen LogP contribution in [-0.4, -0.2) is 12.6 Å². The van der Waals surface area contributed by atoms with Crippen molar-refractivity contribution >= 4 is 0 Å². The van der Waals surface area contributed by atoms with E-state index in [4.69, 9.17) is 0 Å². The third-order valence-corrected chi connectivity index (χ3v) is 1.78. The van der Waals surface area contributed by atoms with Crippen LogP contribution in [0.15, 0.2) is 0 Å². The van der Waals surface area contributed by atoms with Gasteiger partial charge in [-0.05, 0) is 18.3 Å². The fourth-order valence-corrected chi connectivity index (χ4v) is 1.43. The molecule has 0 radical (unpaired) electrons. The Balaban J connectivity index is 2.24.